The molecule has 2 aromatic rings. The first kappa shape index (κ1) is 15.3. The van der Waals surface area contributed by atoms with Gasteiger partial charge in [-0.1, -0.05) is 11.6 Å². The molecule has 1 aliphatic carbocycles. The van der Waals surface area contributed by atoms with Crippen molar-refractivity contribution in [3.63, 3.8) is 0 Å². The zero-order valence-electron chi connectivity index (χ0n) is 13.5. The summed E-state index contributed by atoms with van der Waals surface area (Å²) in [4.78, 5) is 13.0. The Bertz CT molecular complexity index is 830. The first-order valence-corrected chi connectivity index (χ1v) is 8.23. The van der Waals surface area contributed by atoms with Crippen LogP contribution in [0.15, 0.2) is 30.3 Å². The molecule has 2 aliphatic rings. The Morgan fingerprint density at radius 3 is 2.38 bits per heavy atom. The fourth-order valence-electron chi connectivity index (χ4n) is 3.72. The standard InChI is InChI=1S/C19H17ClO4/c1-22-15-5-6-16(23-2)12-9-18-14(8-11(12)15)19(21)13-7-10(20)3-4-17(13)24-18/h3-7,14,18H,8-9H2,1-2H3/t14-,18+/m0/s1. The maximum absolute atomic E-state index is 13.0. The Hall–Kier alpha value is -2.20. The van der Waals surface area contributed by atoms with E-state index >= 15 is 0 Å². The molecule has 4 nitrogen and oxygen atoms in total. The highest BCUT2D eigenvalue weighted by Crippen LogP contribution is 2.43. The molecule has 2 atom stereocenters. The summed E-state index contributed by atoms with van der Waals surface area (Å²) in [6, 6.07) is 8.99. The molecule has 0 unspecified atom stereocenters. The van der Waals surface area contributed by atoms with Crippen LogP contribution in [-0.4, -0.2) is 26.1 Å². The molecule has 0 bridgehead atoms. The van der Waals surface area contributed by atoms with Crippen molar-refractivity contribution in [1.82, 2.24) is 0 Å². The second-order valence-corrected chi connectivity index (χ2v) is 6.54. The molecule has 1 aliphatic heterocycles. The van der Waals surface area contributed by atoms with Crippen LogP contribution in [0.25, 0.3) is 0 Å². The molecule has 2 aromatic carbocycles. The number of benzene rings is 2. The van der Waals surface area contributed by atoms with E-state index in [2.05, 4.69) is 0 Å². The molecule has 0 spiro atoms. The summed E-state index contributed by atoms with van der Waals surface area (Å²) in [5, 5.41) is 0.541. The number of ether oxygens (including phenoxy) is 3. The Kier molecular flexibility index (Phi) is 3.65. The molecule has 5 heteroatoms. The summed E-state index contributed by atoms with van der Waals surface area (Å²) >= 11 is 6.04. The molecule has 4 rings (SSSR count). The number of methoxy groups -OCH3 is 2. The van der Waals surface area contributed by atoms with Gasteiger partial charge in [-0.25, -0.2) is 0 Å². The van der Waals surface area contributed by atoms with E-state index in [0.717, 1.165) is 22.6 Å². The van der Waals surface area contributed by atoms with Gasteiger partial charge in [0.2, 0.25) is 0 Å². The molecule has 0 saturated heterocycles. The Labute approximate surface area is 145 Å². The van der Waals surface area contributed by atoms with Crippen molar-refractivity contribution < 1.29 is 19.0 Å². The van der Waals surface area contributed by atoms with Crippen LogP contribution in [0.4, 0.5) is 0 Å². The van der Waals surface area contributed by atoms with Crippen molar-refractivity contribution in [3.8, 4) is 17.2 Å². The third kappa shape index (κ3) is 2.25. The summed E-state index contributed by atoms with van der Waals surface area (Å²) in [6.07, 6.45) is 0.999. The molecule has 0 N–H and O–H groups in total. The summed E-state index contributed by atoms with van der Waals surface area (Å²) in [5.41, 5.74) is 2.65. The van der Waals surface area contributed by atoms with Crippen LogP contribution in [0.2, 0.25) is 5.02 Å². The molecule has 124 valence electrons. The molecular weight excluding hydrogens is 328 g/mol. The van der Waals surface area contributed by atoms with Gasteiger partial charge in [0.1, 0.15) is 23.4 Å². The lowest BCUT2D eigenvalue weighted by molar-refractivity contribution is 0.0629. The first-order chi connectivity index (χ1) is 11.6. The highest BCUT2D eigenvalue weighted by atomic mass is 35.5. The number of carbonyl (C=O) groups is 1. The third-order valence-electron chi connectivity index (χ3n) is 4.89. The molecule has 0 aromatic heterocycles. The summed E-state index contributed by atoms with van der Waals surface area (Å²) in [5.74, 6) is 2.05. The topological polar surface area (TPSA) is 44.8 Å². The van der Waals surface area contributed by atoms with Crippen molar-refractivity contribution in [1.29, 1.82) is 0 Å². The number of fused-ring (bicyclic) bond motifs is 3. The quantitative estimate of drug-likeness (QED) is 0.833. The van der Waals surface area contributed by atoms with E-state index in [0.29, 0.717) is 29.2 Å². The fraction of sp³-hybridized carbons (Fsp3) is 0.316. The zero-order chi connectivity index (χ0) is 16.8. The maximum atomic E-state index is 13.0. The van der Waals surface area contributed by atoms with E-state index < -0.39 is 0 Å². The normalized spacial score (nSPS) is 21.2. The van der Waals surface area contributed by atoms with E-state index in [9.17, 15) is 4.79 Å². The average molecular weight is 345 g/mol. The average Bonchev–Trinajstić information content (AvgIpc) is 2.60. The predicted octanol–water partition coefficient (Wildman–Crippen LogP) is 3.72. The number of hydrogen-bond donors (Lipinski definition) is 0. The minimum Gasteiger partial charge on any atom is -0.496 e. The highest BCUT2D eigenvalue weighted by molar-refractivity contribution is 6.31. The maximum Gasteiger partial charge on any atom is 0.173 e. The molecule has 24 heavy (non-hydrogen) atoms. The van der Waals surface area contributed by atoms with Gasteiger partial charge in [0.05, 0.1) is 25.7 Å². The summed E-state index contributed by atoms with van der Waals surface area (Å²) in [7, 11) is 3.29. The molecule has 0 radical (unpaired) electrons. The second-order valence-electron chi connectivity index (χ2n) is 6.10. The minimum absolute atomic E-state index is 0.0827. The van der Waals surface area contributed by atoms with Crippen molar-refractivity contribution in [3.05, 3.63) is 52.0 Å². The lowest BCUT2D eigenvalue weighted by atomic mass is 9.76. The van der Waals surface area contributed by atoms with Crippen molar-refractivity contribution in [2.24, 2.45) is 5.92 Å². The smallest absolute Gasteiger partial charge is 0.173 e. The summed E-state index contributed by atoms with van der Waals surface area (Å²) < 4.78 is 17.1. The Balaban J connectivity index is 1.79. The Morgan fingerprint density at radius 1 is 1.04 bits per heavy atom. The lowest BCUT2D eigenvalue weighted by Crippen LogP contribution is -2.43. The van der Waals surface area contributed by atoms with Crippen LogP contribution in [0, 0.1) is 5.92 Å². The van der Waals surface area contributed by atoms with Crippen LogP contribution < -0.4 is 14.2 Å². The number of rotatable bonds is 2. The first-order valence-electron chi connectivity index (χ1n) is 7.85. The number of carbonyl (C=O) groups excluding carboxylic acids is 1. The highest BCUT2D eigenvalue weighted by Gasteiger charge is 2.42. The molecule has 1 heterocycles. The van der Waals surface area contributed by atoms with Gasteiger partial charge in [0, 0.05) is 22.6 Å². The van der Waals surface area contributed by atoms with Crippen molar-refractivity contribution in [2.75, 3.05) is 14.2 Å². The second kappa shape index (κ2) is 5.71. The number of hydrogen-bond acceptors (Lipinski definition) is 4. The molecule has 0 fully saturated rings. The van der Waals surface area contributed by atoms with E-state index in [1.54, 1.807) is 32.4 Å². The minimum atomic E-state index is -0.232. The van der Waals surface area contributed by atoms with E-state index in [4.69, 9.17) is 25.8 Å². The van der Waals surface area contributed by atoms with Crippen LogP contribution >= 0.6 is 11.6 Å². The lowest BCUT2D eigenvalue weighted by Gasteiger charge is -2.37. The van der Waals surface area contributed by atoms with Gasteiger partial charge >= 0.3 is 0 Å². The number of ketones is 1. The third-order valence-corrected chi connectivity index (χ3v) is 5.12. The van der Waals surface area contributed by atoms with Crippen molar-refractivity contribution in [2.45, 2.75) is 18.9 Å². The SMILES string of the molecule is COc1ccc(OC)c2c1C[C@@H]1C(=O)c3cc(Cl)ccc3O[C@@H]1C2. The number of Topliss-reactive ketones (excluding diaryl/α,β-unsaturated/α-hetero) is 1. The molecule has 0 saturated carbocycles. The molecule has 0 amide bonds. The van der Waals surface area contributed by atoms with Crippen LogP contribution in [0.5, 0.6) is 17.2 Å². The zero-order valence-corrected chi connectivity index (χ0v) is 14.2. The monoisotopic (exact) mass is 344 g/mol. The molecular formula is C19H17ClO4. The van der Waals surface area contributed by atoms with E-state index in [-0.39, 0.29) is 17.8 Å². The van der Waals surface area contributed by atoms with Crippen LogP contribution in [0.3, 0.4) is 0 Å². The van der Waals surface area contributed by atoms with Gasteiger partial charge in [-0.15, -0.1) is 0 Å². The van der Waals surface area contributed by atoms with Crippen LogP contribution in [-0.2, 0) is 12.8 Å². The largest absolute Gasteiger partial charge is 0.496 e. The van der Waals surface area contributed by atoms with Gasteiger partial charge in [-0.3, -0.25) is 4.79 Å². The summed E-state index contributed by atoms with van der Waals surface area (Å²) in [6.45, 7) is 0. The van der Waals surface area contributed by atoms with Gasteiger partial charge in [0.25, 0.3) is 0 Å². The van der Waals surface area contributed by atoms with E-state index in [1.165, 1.54) is 0 Å². The van der Waals surface area contributed by atoms with Gasteiger partial charge in [-0.05, 0) is 36.8 Å². The van der Waals surface area contributed by atoms with Gasteiger partial charge < -0.3 is 14.2 Å². The van der Waals surface area contributed by atoms with Crippen molar-refractivity contribution >= 4 is 17.4 Å². The fourth-order valence-corrected chi connectivity index (χ4v) is 3.89. The van der Waals surface area contributed by atoms with E-state index in [1.807, 2.05) is 12.1 Å². The Morgan fingerprint density at radius 2 is 1.71 bits per heavy atom. The number of halogens is 1. The van der Waals surface area contributed by atoms with Gasteiger partial charge in [0.15, 0.2) is 5.78 Å². The predicted molar refractivity (Wildman–Crippen MR) is 90.6 cm³/mol. The van der Waals surface area contributed by atoms with Crippen LogP contribution in [0.1, 0.15) is 21.5 Å². The van der Waals surface area contributed by atoms with Gasteiger partial charge in [-0.2, -0.15) is 0 Å².